The zero-order valence-electron chi connectivity index (χ0n) is 6.19. The number of fused-ring (bicyclic) bond motifs is 1. The maximum Gasteiger partial charge on any atom is 0.0186 e. The molecular weight excluding hydrogens is 143 g/mol. The van der Waals surface area contributed by atoms with Gasteiger partial charge in [-0.05, 0) is 18.8 Å². The second-order valence-electron chi connectivity index (χ2n) is 3.30. The Labute approximate surface area is 64.0 Å². The minimum absolute atomic E-state index is 0.812. The molecule has 3 heteroatoms. The first-order chi connectivity index (χ1) is 4.97. The fourth-order valence-corrected chi connectivity index (χ4v) is 3.00. The summed E-state index contributed by atoms with van der Waals surface area (Å²) in [6, 6.07) is 0.855. The first-order valence-corrected chi connectivity index (χ1v) is 5.20. The Morgan fingerprint density at radius 3 is 3.00 bits per heavy atom. The first kappa shape index (κ1) is 7.02. The number of hydrogen-bond donors (Lipinski definition) is 2. The maximum absolute atomic E-state index is 3.54. The van der Waals surface area contributed by atoms with Crippen molar-refractivity contribution >= 4 is 8.88 Å². The largest absolute Gasteiger partial charge is 0.286 e. The van der Waals surface area contributed by atoms with Gasteiger partial charge in [0.05, 0.1) is 0 Å². The fourth-order valence-electron chi connectivity index (χ4n) is 1.97. The van der Waals surface area contributed by atoms with Crippen molar-refractivity contribution in [2.45, 2.75) is 31.7 Å². The summed E-state index contributed by atoms with van der Waals surface area (Å²) < 4.78 is 0. The van der Waals surface area contributed by atoms with E-state index in [4.69, 9.17) is 0 Å². The Morgan fingerprint density at radius 2 is 2.10 bits per heavy atom. The van der Waals surface area contributed by atoms with Crippen LogP contribution in [0.2, 0.25) is 0 Å². The third kappa shape index (κ3) is 1.34. The topological polar surface area (TPSA) is 24.1 Å². The van der Waals surface area contributed by atoms with Crippen LogP contribution < -0.4 is 10.2 Å². The normalized spacial score (nSPS) is 43.2. The number of rotatable bonds is 0. The van der Waals surface area contributed by atoms with Gasteiger partial charge in [0, 0.05) is 21.5 Å². The third-order valence-corrected chi connectivity index (χ3v) is 3.52. The zero-order valence-corrected chi connectivity index (χ0v) is 7.19. The molecule has 3 unspecified atom stereocenters. The van der Waals surface area contributed by atoms with Crippen LogP contribution in [0.1, 0.15) is 25.7 Å². The second-order valence-corrected chi connectivity index (χ2v) is 4.19. The predicted molar refractivity (Wildman–Crippen MR) is 45.2 cm³/mol. The summed E-state index contributed by atoms with van der Waals surface area (Å²) >= 11 is 0. The van der Waals surface area contributed by atoms with Crippen molar-refractivity contribution in [1.29, 1.82) is 0 Å². The van der Waals surface area contributed by atoms with Crippen molar-refractivity contribution in [3.63, 3.8) is 0 Å². The van der Waals surface area contributed by atoms with E-state index < -0.39 is 0 Å². The van der Waals surface area contributed by atoms with Crippen molar-refractivity contribution < 1.29 is 0 Å². The van der Waals surface area contributed by atoms with Gasteiger partial charge in [0.2, 0.25) is 0 Å². The molecule has 2 fully saturated rings. The molecule has 0 spiro atoms. The molecule has 2 rings (SSSR count). The zero-order chi connectivity index (χ0) is 6.81. The van der Waals surface area contributed by atoms with Crippen LogP contribution in [0.5, 0.6) is 0 Å². The fraction of sp³-hybridized carbons (Fsp3) is 1.00. The standard InChI is InChI=1S/C7H15N2P/c1-2-4-7-6(3-1)5-8-10-9-7/h6-10H,1-5H2. The molecule has 1 saturated carbocycles. The summed E-state index contributed by atoms with van der Waals surface area (Å²) in [6.07, 6.45) is 5.75. The average Bonchev–Trinajstić information content (AvgIpc) is 2.05. The smallest absolute Gasteiger partial charge is 0.0186 e. The Hall–Kier alpha value is 0.350. The molecule has 2 nitrogen and oxygen atoms in total. The molecule has 1 aliphatic carbocycles. The van der Waals surface area contributed by atoms with Gasteiger partial charge in [0.15, 0.2) is 0 Å². The Morgan fingerprint density at radius 1 is 1.20 bits per heavy atom. The lowest BCUT2D eigenvalue weighted by molar-refractivity contribution is 0.283. The molecule has 2 aliphatic rings. The number of hydrogen-bond acceptors (Lipinski definition) is 2. The predicted octanol–water partition coefficient (Wildman–Crippen LogP) is 1.25. The molecule has 0 aromatic heterocycles. The SMILES string of the molecule is C1CCC2NPNCC2C1. The van der Waals surface area contributed by atoms with Crippen LogP contribution in [-0.4, -0.2) is 12.6 Å². The van der Waals surface area contributed by atoms with Crippen molar-refractivity contribution in [2.75, 3.05) is 6.54 Å². The van der Waals surface area contributed by atoms with Crippen LogP contribution in [0, 0.1) is 5.92 Å². The highest BCUT2D eigenvalue weighted by molar-refractivity contribution is 7.33. The highest BCUT2D eigenvalue weighted by Gasteiger charge is 2.26. The van der Waals surface area contributed by atoms with E-state index >= 15 is 0 Å². The van der Waals surface area contributed by atoms with Crippen LogP contribution in [0.15, 0.2) is 0 Å². The van der Waals surface area contributed by atoms with Crippen LogP contribution >= 0.6 is 8.88 Å². The minimum Gasteiger partial charge on any atom is -0.286 e. The highest BCUT2D eigenvalue weighted by Crippen LogP contribution is 2.28. The van der Waals surface area contributed by atoms with Gasteiger partial charge in [-0.1, -0.05) is 12.8 Å². The Kier molecular flexibility index (Phi) is 2.22. The summed E-state index contributed by atoms with van der Waals surface area (Å²) in [5.41, 5.74) is 0. The molecule has 0 radical (unpaired) electrons. The highest BCUT2D eigenvalue weighted by atomic mass is 31.1. The average molecular weight is 158 g/mol. The maximum atomic E-state index is 3.54. The van der Waals surface area contributed by atoms with E-state index in [1.54, 1.807) is 0 Å². The van der Waals surface area contributed by atoms with Crippen LogP contribution in [0.3, 0.4) is 0 Å². The van der Waals surface area contributed by atoms with Gasteiger partial charge in [-0.25, -0.2) is 0 Å². The van der Waals surface area contributed by atoms with Gasteiger partial charge in [0.1, 0.15) is 0 Å². The molecule has 1 saturated heterocycles. The Balaban J connectivity index is 1.93. The van der Waals surface area contributed by atoms with Gasteiger partial charge < -0.3 is 0 Å². The molecule has 58 valence electrons. The van der Waals surface area contributed by atoms with E-state index in [-0.39, 0.29) is 0 Å². The summed E-state index contributed by atoms with van der Waals surface area (Å²) in [7, 11) is 0.812. The van der Waals surface area contributed by atoms with E-state index in [1.165, 1.54) is 32.2 Å². The van der Waals surface area contributed by atoms with Gasteiger partial charge in [-0.2, -0.15) is 0 Å². The van der Waals surface area contributed by atoms with Crippen molar-refractivity contribution in [1.82, 2.24) is 10.2 Å². The molecule has 0 aromatic carbocycles. The molecule has 0 aromatic rings. The molecule has 10 heavy (non-hydrogen) atoms. The second kappa shape index (κ2) is 3.17. The van der Waals surface area contributed by atoms with Gasteiger partial charge in [-0.3, -0.25) is 10.2 Å². The lowest BCUT2D eigenvalue weighted by Gasteiger charge is -2.36. The molecule has 1 heterocycles. The van der Waals surface area contributed by atoms with E-state index in [0.717, 1.165) is 20.8 Å². The molecule has 0 amide bonds. The van der Waals surface area contributed by atoms with E-state index in [1.807, 2.05) is 0 Å². The van der Waals surface area contributed by atoms with Crippen LogP contribution in [-0.2, 0) is 0 Å². The monoisotopic (exact) mass is 158 g/mol. The lowest BCUT2D eigenvalue weighted by atomic mass is 9.85. The van der Waals surface area contributed by atoms with E-state index in [0.29, 0.717) is 0 Å². The molecule has 0 bridgehead atoms. The molecule has 3 atom stereocenters. The summed E-state index contributed by atoms with van der Waals surface area (Å²) in [5.74, 6) is 0.940. The molecule has 2 N–H and O–H groups in total. The molecular formula is C7H15N2P. The Bertz CT molecular complexity index is 92.2. The summed E-state index contributed by atoms with van der Waals surface area (Å²) in [4.78, 5) is 0. The minimum atomic E-state index is 0.812. The number of nitrogens with one attached hydrogen (secondary N) is 2. The van der Waals surface area contributed by atoms with Gasteiger partial charge >= 0.3 is 0 Å². The quantitative estimate of drug-likeness (QED) is 0.518. The van der Waals surface area contributed by atoms with Crippen LogP contribution in [0.4, 0.5) is 0 Å². The lowest BCUT2D eigenvalue weighted by Crippen LogP contribution is -2.44. The molecule has 1 aliphatic heterocycles. The van der Waals surface area contributed by atoms with Gasteiger partial charge in [0.25, 0.3) is 0 Å². The first-order valence-electron chi connectivity index (χ1n) is 4.20. The summed E-state index contributed by atoms with van der Waals surface area (Å²) in [6.45, 7) is 1.26. The van der Waals surface area contributed by atoms with Crippen molar-refractivity contribution in [3.8, 4) is 0 Å². The van der Waals surface area contributed by atoms with E-state index in [9.17, 15) is 0 Å². The van der Waals surface area contributed by atoms with Crippen LogP contribution in [0.25, 0.3) is 0 Å². The summed E-state index contributed by atoms with van der Waals surface area (Å²) in [5, 5.41) is 6.94. The van der Waals surface area contributed by atoms with Gasteiger partial charge in [-0.15, -0.1) is 0 Å². The van der Waals surface area contributed by atoms with Crippen molar-refractivity contribution in [2.24, 2.45) is 5.92 Å². The van der Waals surface area contributed by atoms with Crippen molar-refractivity contribution in [3.05, 3.63) is 0 Å². The third-order valence-electron chi connectivity index (χ3n) is 2.62. The van der Waals surface area contributed by atoms with E-state index in [2.05, 4.69) is 10.2 Å².